The number of hydrogen-bond acceptors (Lipinski definition) is 1. The fraction of sp³-hybridized carbons (Fsp3) is 0.923. The minimum atomic E-state index is -0.0572. The Labute approximate surface area is 95.0 Å². The molecule has 0 heterocycles. The molecule has 2 heteroatoms. The molecule has 1 amide bonds. The molecule has 0 aromatic carbocycles. The smallest absolute Gasteiger partial charge is 0.223 e. The van der Waals surface area contributed by atoms with Gasteiger partial charge in [-0.3, -0.25) is 4.79 Å². The van der Waals surface area contributed by atoms with Gasteiger partial charge in [0.05, 0.1) is 0 Å². The van der Waals surface area contributed by atoms with Crippen LogP contribution in [0.25, 0.3) is 0 Å². The molecule has 0 spiro atoms. The first-order valence-corrected chi connectivity index (χ1v) is 5.88. The summed E-state index contributed by atoms with van der Waals surface area (Å²) in [6.07, 6.45) is 1.65. The van der Waals surface area contributed by atoms with Crippen LogP contribution in [0.3, 0.4) is 0 Å². The molecule has 2 nitrogen and oxygen atoms in total. The van der Waals surface area contributed by atoms with Crippen molar-refractivity contribution in [2.45, 2.75) is 66.8 Å². The molecule has 15 heavy (non-hydrogen) atoms. The van der Waals surface area contributed by atoms with Crippen LogP contribution in [0.2, 0.25) is 0 Å². The molecule has 0 fully saturated rings. The molecule has 0 aliphatic rings. The van der Waals surface area contributed by atoms with E-state index in [-0.39, 0.29) is 16.9 Å². The summed E-state index contributed by atoms with van der Waals surface area (Å²) in [7, 11) is 0. The van der Waals surface area contributed by atoms with Crippen molar-refractivity contribution in [3.8, 4) is 0 Å². The first-order valence-electron chi connectivity index (χ1n) is 5.88. The van der Waals surface area contributed by atoms with E-state index in [4.69, 9.17) is 0 Å². The molecule has 0 aliphatic heterocycles. The van der Waals surface area contributed by atoms with E-state index >= 15 is 0 Å². The van der Waals surface area contributed by atoms with E-state index in [1.54, 1.807) is 0 Å². The van der Waals surface area contributed by atoms with Gasteiger partial charge in [0.1, 0.15) is 0 Å². The van der Waals surface area contributed by atoms with Gasteiger partial charge in [-0.15, -0.1) is 0 Å². The second-order valence-corrected chi connectivity index (χ2v) is 6.45. The van der Waals surface area contributed by atoms with E-state index in [9.17, 15) is 4.79 Å². The van der Waals surface area contributed by atoms with E-state index in [0.29, 0.717) is 6.42 Å². The summed E-state index contributed by atoms with van der Waals surface area (Å²) in [5, 5.41) is 0. The van der Waals surface area contributed by atoms with E-state index in [1.165, 1.54) is 0 Å². The Morgan fingerprint density at radius 2 is 1.53 bits per heavy atom. The van der Waals surface area contributed by atoms with Crippen LogP contribution in [0.4, 0.5) is 0 Å². The number of rotatable bonds is 3. The molecule has 0 rings (SSSR count). The Kier molecular flexibility index (Phi) is 4.82. The van der Waals surface area contributed by atoms with Gasteiger partial charge >= 0.3 is 0 Å². The fourth-order valence-electron chi connectivity index (χ4n) is 1.61. The number of hydrogen-bond donors (Lipinski definition) is 0. The zero-order valence-electron chi connectivity index (χ0n) is 11.5. The van der Waals surface area contributed by atoms with Gasteiger partial charge < -0.3 is 4.90 Å². The van der Waals surface area contributed by atoms with Crippen molar-refractivity contribution in [2.75, 3.05) is 6.54 Å². The van der Waals surface area contributed by atoms with Crippen molar-refractivity contribution in [1.82, 2.24) is 4.90 Å². The largest absolute Gasteiger partial charge is 0.338 e. The molecule has 0 aromatic heterocycles. The van der Waals surface area contributed by atoms with Gasteiger partial charge in [0.15, 0.2) is 0 Å². The van der Waals surface area contributed by atoms with Crippen LogP contribution in [0, 0.1) is 5.41 Å². The van der Waals surface area contributed by atoms with Crippen LogP contribution >= 0.6 is 0 Å². The molecule has 90 valence electrons. The summed E-state index contributed by atoms with van der Waals surface area (Å²) in [5.74, 6) is 0.275. The van der Waals surface area contributed by atoms with E-state index in [2.05, 4.69) is 48.5 Å². The first kappa shape index (κ1) is 14.5. The quantitative estimate of drug-likeness (QED) is 0.703. The highest BCUT2D eigenvalue weighted by molar-refractivity contribution is 5.77. The molecule has 0 atom stereocenters. The second-order valence-electron chi connectivity index (χ2n) is 6.45. The topological polar surface area (TPSA) is 20.3 Å². The van der Waals surface area contributed by atoms with Crippen molar-refractivity contribution in [3.05, 3.63) is 0 Å². The van der Waals surface area contributed by atoms with E-state index < -0.39 is 0 Å². The Morgan fingerprint density at radius 1 is 1.07 bits per heavy atom. The standard InChI is InChI=1S/C13H27NO/c1-8-9-14(13(5,6)7)11(15)10-12(2,3)4/h8-10H2,1-7H3. The Hall–Kier alpha value is -0.530. The lowest BCUT2D eigenvalue weighted by atomic mass is 9.90. The van der Waals surface area contributed by atoms with Gasteiger partial charge in [0, 0.05) is 18.5 Å². The minimum Gasteiger partial charge on any atom is -0.338 e. The van der Waals surface area contributed by atoms with E-state index in [1.807, 2.05) is 4.90 Å². The zero-order valence-corrected chi connectivity index (χ0v) is 11.5. The normalized spacial score (nSPS) is 12.7. The van der Waals surface area contributed by atoms with Gasteiger partial charge in [0.25, 0.3) is 0 Å². The average Bonchev–Trinajstić information content (AvgIpc) is 1.93. The van der Waals surface area contributed by atoms with Crippen LogP contribution in [0.15, 0.2) is 0 Å². The van der Waals surface area contributed by atoms with Crippen LogP contribution in [0.5, 0.6) is 0 Å². The number of amides is 1. The SMILES string of the molecule is CCCN(C(=O)CC(C)(C)C)C(C)(C)C. The highest BCUT2D eigenvalue weighted by Gasteiger charge is 2.28. The van der Waals surface area contributed by atoms with Crippen LogP contribution in [0.1, 0.15) is 61.3 Å². The monoisotopic (exact) mass is 213 g/mol. The van der Waals surface area contributed by atoms with Crippen LogP contribution in [-0.4, -0.2) is 22.9 Å². The maximum absolute atomic E-state index is 12.1. The summed E-state index contributed by atoms with van der Waals surface area (Å²) in [4.78, 5) is 14.1. The predicted molar refractivity (Wildman–Crippen MR) is 65.8 cm³/mol. The Bertz CT molecular complexity index is 208. The fourth-order valence-corrected chi connectivity index (χ4v) is 1.61. The molecule has 0 saturated heterocycles. The molecular weight excluding hydrogens is 186 g/mol. The summed E-state index contributed by atoms with van der Waals surface area (Å²) in [6, 6.07) is 0. The number of nitrogens with zero attached hydrogens (tertiary/aromatic N) is 1. The molecule has 0 aliphatic carbocycles. The van der Waals surface area contributed by atoms with Crippen molar-refractivity contribution >= 4 is 5.91 Å². The van der Waals surface area contributed by atoms with E-state index in [0.717, 1.165) is 13.0 Å². The third-order valence-electron chi connectivity index (χ3n) is 2.24. The van der Waals surface area contributed by atoms with Crippen molar-refractivity contribution in [2.24, 2.45) is 5.41 Å². The maximum Gasteiger partial charge on any atom is 0.223 e. The van der Waals surface area contributed by atoms with Crippen LogP contribution < -0.4 is 0 Å². The van der Waals surface area contributed by atoms with Gasteiger partial charge in [-0.2, -0.15) is 0 Å². The molecule has 0 N–H and O–H groups in total. The van der Waals surface area contributed by atoms with Gasteiger partial charge in [-0.05, 0) is 32.6 Å². The average molecular weight is 213 g/mol. The van der Waals surface area contributed by atoms with Gasteiger partial charge in [0.2, 0.25) is 5.91 Å². The van der Waals surface area contributed by atoms with Crippen molar-refractivity contribution in [3.63, 3.8) is 0 Å². The highest BCUT2D eigenvalue weighted by atomic mass is 16.2. The highest BCUT2D eigenvalue weighted by Crippen LogP contribution is 2.23. The zero-order chi connectivity index (χ0) is 12.3. The minimum absolute atomic E-state index is 0.0572. The molecule has 0 aromatic rings. The molecule has 0 radical (unpaired) electrons. The third kappa shape index (κ3) is 5.81. The number of carbonyl (C=O) groups excluding carboxylic acids is 1. The van der Waals surface area contributed by atoms with Crippen LogP contribution in [-0.2, 0) is 4.79 Å². The lowest BCUT2D eigenvalue weighted by molar-refractivity contribution is -0.137. The van der Waals surface area contributed by atoms with Crippen molar-refractivity contribution in [1.29, 1.82) is 0 Å². The summed E-state index contributed by atoms with van der Waals surface area (Å²) in [6.45, 7) is 15.6. The predicted octanol–water partition coefficient (Wildman–Crippen LogP) is 3.46. The lowest BCUT2D eigenvalue weighted by Gasteiger charge is -2.37. The summed E-state index contributed by atoms with van der Waals surface area (Å²) in [5.41, 5.74) is 0.0205. The lowest BCUT2D eigenvalue weighted by Crippen LogP contribution is -2.47. The second kappa shape index (κ2) is 5.00. The summed E-state index contributed by atoms with van der Waals surface area (Å²) >= 11 is 0. The summed E-state index contributed by atoms with van der Waals surface area (Å²) < 4.78 is 0. The number of carbonyl (C=O) groups is 1. The van der Waals surface area contributed by atoms with Gasteiger partial charge in [-0.25, -0.2) is 0 Å². The molecule has 0 bridgehead atoms. The Balaban J connectivity index is 4.58. The molecular formula is C13H27NO. The van der Waals surface area contributed by atoms with Gasteiger partial charge in [-0.1, -0.05) is 27.7 Å². The third-order valence-corrected chi connectivity index (χ3v) is 2.24. The molecule has 0 unspecified atom stereocenters. The van der Waals surface area contributed by atoms with Crippen molar-refractivity contribution < 1.29 is 4.79 Å². The maximum atomic E-state index is 12.1. The Morgan fingerprint density at radius 3 is 1.80 bits per heavy atom. The first-order chi connectivity index (χ1) is 6.58. The molecule has 0 saturated carbocycles.